The molecule has 2 nitrogen and oxygen atoms in total. The van der Waals surface area contributed by atoms with E-state index in [-0.39, 0.29) is 0 Å². The number of hydrogen-bond acceptors (Lipinski definition) is 2. The van der Waals surface area contributed by atoms with Gasteiger partial charge in [0.15, 0.2) is 0 Å². The van der Waals surface area contributed by atoms with E-state index < -0.39 is 0 Å². The number of pyridine rings is 1. The molecule has 0 amide bonds. The van der Waals surface area contributed by atoms with Gasteiger partial charge in [0.2, 0.25) is 0 Å². The maximum Gasteiger partial charge on any atom is 0.0605 e. The molecule has 106 valence electrons. The number of nitrogens with one attached hydrogen (secondary N) is 1. The molecule has 1 N–H and O–H groups in total. The van der Waals surface area contributed by atoms with E-state index in [9.17, 15) is 0 Å². The van der Waals surface area contributed by atoms with Crippen molar-refractivity contribution in [3.05, 3.63) is 29.1 Å². The smallest absolute Gasteiger partial charge is 0.0605 e. The van der Waals surface area contributed by atoms with Crippen LogP contribution in [0, 0.1) is 31.6 Å². The molecule has 3 unspecified atom stereocenters. The second-order valence-electron chi connectivity index (χ2n) is 6.66. The van der Waals surface area contributed by atoms with E-state index in [2.05, 4.69) is 46.1 Å². The number of nitrogens with zero attached hydrogens (tertiary/aromatic N) is 1. The minimum Gasteiger partial charge on any atom is -0.311 e. The lowest BCUT2D eigenvalue weighted by atomic mass is 9.73. The molecule has 0 aromatic carbocycles. The highest BCUT2D eigenvalue weighted by atomic mass is 14.9. The average Bonchev–Trinajstić information content (AvgIpc) is 2.31. The molecule has 1 aromatic heterocycles. The Morgan fingerprint density at radius 1 is 1.16 bits per heavy atom. The predicted molar refractivity (Wildman–Crippen MR) is 81.2 cm³/mol. The van der Waals surface area contributed by atoms with Crippen LogP contribution in [0.2, 0.25) is 0 Å². The highest BCUT2D eigenvalue weighted by molar-refractivity contribution is 5.26. The van der Waals surface area contributed by atoms with E-state index >= 15 is 0 Å². The summed E-state index contributed by atoms with van der Waals surface area (Å²) in [4.78, 5) is 4.71. The third-order valence-electron chi connectivity index (χ3n) is 4.55. The lowest BCUT2D eigenvalue weighted by Gasteiger charge is -2.36. The van der Waals surface area contributed by atoms with Crippen LogP contribution in [0.5, 0.6) is 0 Å². The topological polar surface area (TPSA) is 24.9 Å². The fourth-order valence-corrected chi connectivity index (χ4v) is 3.93. The molecule has 19 heavy (non-hydrogen) atoms. The Kier molecular flexibility index (Phi) is 4.62. The lowest BCUT2D eigenvalue weighted by molar-refractivity contribution is 0.178. The van der Waals surface area contributed by atoms with Crippen LogP contribution in [0.25, 0.3) is 0 Å². The van der Waals surface area contributed by atoms with Crippen molar-refractivity contribution in [1.82, 2.24) is 10.3 Å². The molecule has 0 radical (unpaired) electrons. The summed E-state index contributed by atoms with van der Waals surface area (Å²) in [6, 6.07) is 2.66. The molecule has 0 bridgehead atoms. The number of rotatable bonds is 3. The average molecular weight is 260 g/mol. The van der Waals surface area contributed by atoms with Crippen LogP contribution in [0.15, 0.2) is 12.3 Å². The van der Waals surface area contributed by atoms with Crippen LogP contribution in [-0.4, -0.2) is 12.0 Å². The maximum absolute atomic E-state index is 4.71. The quantitative estimate of drug-likeness (QED) is 0.887. The molecule has 2 heteroatoms. The van der Waals surface area contributed by atoms with Crippen molar-refractivity contribution >= 4 is 0 Å². The summed E-state index contributed by atoms with van der Waals surface area (Å²) in [5.41, 5.74) is 3.83. The van der Waals surface area contributed by atoms with Crippen molar-refractivity contribution in [2.24, 2.45) is 17.8 Å². The first kappa shape index (κ1) is 14.5. The van der Waals surface area contributed by atoms with Gasteiger partial charge in [0.25, 0.3) is 0 Å². The Balaban J connectivity index is 2.23. The highest BCUT2D eigenvalue weighted by Gasteiger charge is 2.31. The zero-order chi connectivity index (χ0) is 14.0. The largest absolute Gasteiger partial charge is 0.311 e. The van der Waals surface area contributed by atoms with Gasteiger partial charge in [-0.3, -0.25) is 4.98 Å². The Bertz CT molecular complexity index is 417. The molecule has 0 aliphatic heterocycles. The zero-order valence-corrected chi connectivity index (χ0v) is 13.0. The van der Waals surface area contributed by atoms with E-state index in [4.69, 9.17) is 4.98 Å². The fourth-order valence-electron chi connectivity index (χ4n) is 3.93. The molecule has 1 aromatic rings. The summed E-state index contributed by atoms with van der Waals surface area (Å²) < 4.78 is 0. The molecule has 1 fully saturated rings. The van der Waals surface area contributed by atoms with E-state index in [0.717, 1.165) is 17.8 Å². The minimum atomic E-state index is 0.408. The Morgan fingerprint density at radius 3 is 2.32 bits per heavy atom. The first-order valence-corrected chi connectivity index (χ1v) is 7.61. The van der Waals surface area contributed by atoms with Gasteiger partial charge in [-0.05, 0) is 69.0 Å². The van der Waals surface area contributed by atoms with Gasteiger partial charge < -0.3 is 5.32 Å². The zero-order valence-electron chi connectivity index (χ0n) is 13.0. The highest BCUT2D eigenvalue weighted by Crippen LogP contribution is 2.39. The van der Waals surface area contributed by atoms with E-state index in [0.29, 0.717) is 6.04 Å². The first-order valence-electron chi connectivity index (χ1n) is 7.61. The Labute approximate surface area is 118 Å². The van der Waals surface area contributed by atoms with Crippen LogP contribution in [0.4, 0.5) is 0 Å². The summed E-state index contributed by atoms with van der Waals surface area (Å²) >= 11 is 0. The van der Waals surface area contributed by atoms with E-state index in [1.54, 1.807) is 0 Å². The van der Waals surface area contributed by atoms with Crippen LogP contribution >= 0.6 is 0 Å². The Hall–Kier alpha value is -0.890. The molecule has 1 aliphatic carbocycles. The lowest BCUT2D eigenvalue weighted by Crippen LogP contribution is -2.32. The van der Waals surface area contributed by atoms with E-state index in [1.807, 2.05) is 6.20 Å². The summed E-state index contributed by atoms with van der Waals surface area (Å²) in [6.07, 6.45) is 6.03. The molecule has 1 heterocycles. The van der Waals surface area contributed by atoms with Crippen LogP contribution in [-0.2, 0) is 0 Å². The molecule has 1 aliphatic rings. The minimum absolute atomic E-state index is 0.408. The summed E-state index contributed by atoms with van der Waals surface area (Å²) in [5, 5.41) is 3.53. The van der Waals surface area contributed by atoms with Crippen LogP contribution < -0.4 is 5.32 Å². The van der Waals surface area contributed by atoms with Gasteiger partial charge in [-0.1, -0.05) is 19.9 Å². The van der Waals surface area contributed by atoms with Crippen LogP contribution in [0.1, 0.15) is 56.0 Å². The standard InChI is InChI=1S/C17H28N2/c1-11-6-12(2)9-15(8-11)17(18-5)16-14(4)7-13(3)10-19-16/h7,10-12,15,17-18H,6,8-9H2,1-5H3. The number of hydrogen-bond donors (Lipinski definition) is 1. The number of aryl methyl sites for hydroxylation is 2. The number of aromatic nitrogens is 1. The monoisotopic (exact) mass is 260 g/mol. The van der Waals surface area contributed by atoms with Crippen LogP contribution in [0.3, 0.4) is 0 Å². The second-order valence-corrected chi connectivity index (χ2v) is 6.66. The van der Waals surface area contributed by atoms with Gasteiger partial charge in [0.1, 0.15) is 0 Å². The molecule has 1 saturated carbocycles. The van der Waals surface area contributed by atoms with Gasteiger partial charge in [0, 0.05) is 6.20 Å². The normalized spacial score (nSPS) is 29.2. The third kappa shape index (κ3) is 3.36. The van der Waals surface area contributed by atoms with Gasteiger partial charge in [-0.15, -0.1) is 0 Å². The van der Waals surface area contributed by atoms with Gasteiger partial charge in [-0.25, -0.2) is 0 Å². The van der Waals surface area contributed by atoms with Crippen molar-refractivity contribution in [2.75, 3.05) is 7.05 Å². The van der Waals surface area contributed by atoms with Gasteiger partial charge >= 0.3 is 0 Å². The van der Waals surface area contributed by atoms with Gasteiger partial charge in [0.05, 0.1) is 11.7 Å². The predicted octanol–water partition coefficient (Wildman–Crippen LogP) is 4.03. The molecule has 3 atom stereocenters. The van der Waals surface area contributed by atoms with Crippen molar-refractivity contribution in [3.63, 3.8) is 0 Å². The van der Waals surface area contributed by atoms with Gasteiger partial charge in [-0.2, -0.15) is 0 Å². The summed E-state index contributed by atoms with van der Waals surface area (Å²) in [6.45, 7) is 9.09. The summed E-state index contributed by atoms with van der Waals surface area (Å²) in [7, 11) is 2.08. The van der Waals surface area contributed by atoms with Crippen molar-refractivity contribution in [1.29, 1.82) is 0 Å². The molecule has 2 rings (SSSR count). The van der Waals surface area contributed by atoms with Crippen molar-refractivity contribution < 1.29 is 0 Å². The first-order chi connectivity index (χ1) is 9.01. The van der Waals surface area contributed by atoms with E-state index in [1.165, 1.54) is 36.1 Å². The molecule has 0 spiro atoms. The van der Waals surface area contributed by atoms with Crippen molar-refractivity contribution in [3.8, 4) is 0 Å². The summed E-state index contributed by atoms with van der Waals surface area (Å²) in [5.74, 6) is 2.41. The maximum atomic E-state index is 4.71. The second kappa shape index (κ2) is 6.04. The Morgan fingerprint density at radius 2 is 1.79 bits per heavy atom. The molecular weight excluding hydrogens is 232 g/mol. The SMILES string of the molecule is CNC(c1ncc(C)cc1C)C1CC(C)CC(C)C1. The molecule has 0 saturated heterocycles. The third-order valence-corrected chi connectivity index (χ3v) is 4.55. The van der Waals surface area contributed by atoms with Crippen molar-refractivity contribution in [2.45, 2.75) is 53.0 Å². The fraction of sp³-hybridized carbons (Fsp3) is 0.706. The molecular formula is C17H28N2.